The van der Waals surface area contributed by atoms with Gasteiger partial charge in [0.15, 0.2) is 0 Å². The predicted molar refractivity (Wildman–Crippen MR) is 79.4 cm³/mol. The summed E-state index contributed by atoms with van der Waals surface area (Å²) < 4.78 is 13.3. The summed E-state index contributed by atoms with van der Waals surface area (Å²) >= 11 is 0. The number of nitrogens with one attached hydrogen (secondary N) is 1. The second-order valence-corrected chi connectivity index (χ2v) is 5.92. The van der Waals surface area contributed by atoms with E-state index in [1.54, 1.807) is 0 Å². The van der Waals surface area contributed by atoms with E-state index in [-0.39, 0.29) is 23.9 Å². The number of piperidine rings is 1. The number of carbonyl (C=O) groups is 3. The molecule has 0 bridgehead atoms. The van der Waals surface area contributed by atoms with E-state index in [1.165, 1.54) is 23.1 Å². The highest BCUT2D eigenvalue weighted by molar-refractivity contribution is 6.01. The molecule has 1 aromatic rings. The molecule has 23 heavy (non-hydrogen) atoms. The number of amides is 2. The van der Waals surface area contributed by atoms with E-state index >= 15 is 0 Å². The fourth-order valence-electron chi connectivity index (χ4n) is 3.31. The number of hydrogen-bond acceptors (Lipinski definition) is 3. The SMILES string of the molecule is O=C1CC(C(=O)N2CCCC[C@@H]2C(=O)O)c2ccc(F)cc2N1. The van der Waals surface area contributed by atoms with E-state index in [2.05, 4.69) is 5.32 Å². The van der Waals surface area contributed by atoms with Crippen LogP contribution < -0.4 is 5.32 Å². The molecule has 1 unspecified atom stereocenters. The molecule has 0 aliphatic carbocycles. The number of rotatable bonds is 2. The van der Waals surface area contributed by atoms with Gasteiger partial charge in [-0.15, -0.1) is 0 Å². The van der Waals surface area contributed by atoms with Crippen LogP contribution in [0.3, 0.4) is 0 Å². The molecule has 0 radical (unpaired) electrons. The smallest absolute Gasteiger partial charge is 0.326 e. The highest BCUT2D eigenvalue weighted by Gasteiger charge is 2.39. The number of fused-ring (bicyclic) bond motifs is 1. The van der Waals surface area contributed by atoms with Crippen molar-refractivity contribution in [3.8, 4) is 0 Å². The Morgan fingerprint density at radius 2 is 2.09 bits per heavy atom. The largest absolute Gasteiger partial charge is 0.480 e. The van der Waals surface area contributed by atoms with Crippen LogP contribution in [0.2, 0.25) is 0 Å². The van der Waals surface area contributed by atoms with Crippen LogP contribution in [0.1, 0.15) is 37.2 Å². The van der Waals surface area contributed by atoms with Crippen molar-refractivity contribution in [3.63, 3.8) is 0 Å². The number of benzene rings is 1. The molecule has 3 rings (SSSR count). The van der Waals surface area contributed by atoms with Crippen molar-refractivity contribution in [3.05, 3.63) is 29.6 Å². The van der Waals surface area contributed by atoms with Crippen LogP contribution in [0.4, 0.5) is 10.1 Å². The summed E-state index contributed by atoms with van der Waals surface area (Å²) in [7, 11) is 0. The Labute approximate surface area is 132 Å². The number of halogens is 1. The van der Waals surface area contributed by atoms with Gasteiger partial charge in [-0.05, 0) is 37.0 Å². The number of likely N-dealkylation sites (tertiary alicyclic amines) is 1. The number of nitrogens with zero attached hydrogens (tertiary/aromatic N) is 1. The molecule has 2 N–H and O–H groups in total. The first-order chi connectivity index (χ1) is 11.0. The normalized spacial score (nSPS) is 23.9. The topological polar surface area (TPSA) is 86.7 Å². The van der Waals surface area contributed by atoms with Gasteiger partial charge in [0, 0.05) is 18.7 Å². The predicted octanol–water partition coefficient (Wildman–Crippen LogP) is 1.72. The van der Waals surface area contributed by atoms with Crippen LogP contribution in [-0.4, -0.2) is 40.4 Å². The molecule has 6 nitrogen and oxygen atoms in total. The minimum Gasteiger partial charge on any atom is -0.480 e. The second kappa shape index (κ2) is 5.98. The molecule has 2 amide bonds. The summed E-state index contributed by atoms with van der Waals surface area (Å²) in [5, 5.41) is 11.9. The lowest BCUT2D eigenvalue weighted by molar-refractivity contribution is -0.153. The van der Waals surface area contributed by atoms with E-state index in [9.17, 15) is 23.9 Å². The van der Waals surface area contributed by atoms with Gasteiger partial charge in [-0.25, -0.2) is 9.18 Å². The molecule has 0 spiro atoms. The third kappa shape index (κ3) is 2.91. The van der Waals surface area contributed by atoms with Crippen molar-refractivity contribution in [1.82, 2.24) is 4.90 Å². The highest BCUT2D eigenvalue weighted by atomic mass is 19.1. The van der Waals surface area contributed by atoms with Crippen molar-refractivity contribution in [2.75, 3.05) is 11.9 Å². The third-order valence-electron chi connectivity index (χ3n) is 4.42. The van der Waals surface area contributed by atoms with E-state index in [0.29, 0.717) is 18.5 Å². The third-order valence-corrected chi connectivity index (χ3v) is 4.42. The molecule has 122 valence electrons. The molecule has 1 aromatic carbocycles. The van der Waals surface area contributed by atoms with Gasteiger partial charge >= 0.3 is 5.97 Å². The zero-order valence-corrected chi connectivity index (χ0v) is 12.4. The maximum absolute atomic E-state index is 13.3. The molecule has 1 saturated heterocycles. The van der Waals surface area contributed by atoms with Crippen LogP contribution in [0.25, 0.3) is 0 Å². The molecular weight excluding hydrogens is 303 g/mol. The average Bonchev–Trinajstić information content (AvgIpc) is 2.52. The quantitative estimate of drug-likeness (QED) is 0.868. The van der Waals surface area contributed by atoms with Crippen LogP contribution in [0.5, 0.6) is 0 Å². The van der Waals surface area contributed by atoms with Gasteiger partial charge in [0.1, 0.15) is 11.9 Å². The zero-order valence-electron chi connectivity index (χ0n) is 12.4. The maximum atomic E-state index is 13.3. The van der Waals surface area contributed by atoms with Gasteiger partial charge in [0.05, 0.1) is 5.92 Å². The lowest BCUT2D eigenvalue weighted by Gasteiger charge is -2.36. The fraction of sp³-hybridized carbons (Fsp3) is 0.438. The Morgan fingerprint density at radius 3 is 2.83 bits per heavy atom. The lowest BCUT2D eigenvalue weighted by Crippen LogP contribution is -2.50. The number of anilines is 1. The molecule has 7 heteroatoms. The summed E-state index contributed by atoms with van der Waals surface area (Å²) in [6.07, 6.45) is 1.86. The summed E-state index contributed by atoms with van der Waals surface area (Å²) in [5.41, 5.74) is 0.814. The molecule has 1 fully saturated rings. The second-order valence-electron chi connectivity index (χ2n) is 5.92. The van der Waals surface area contributed by atoms with Gasteiger partial charge < -0.3 is 15.3 Å². The molecule has 0 saturated carbocycles. The molecule has 2 aliphatic rings. The first kappa shape index (κ1) is 15.5. The molecule has 2 atom stereocenters. The minimum absolute atomic E-state index is 0.0553. The van der Waals surface area contributed by atoms with Crippen molar-refractivity contribution in [1.29, 1.82) is 0 Å². The molecule has 2 heterocycles. The Bertz CT molecular complexity index is 676. The lowest BCUT2D eigenvalue weighted by atomic mass is 9.88. The number of hydrogen-bond donors (Lipinski definition) is 2. The van der Waals surface area contributed by atoms with E-state index < -0.39 is 23.7 Å². The molecule has 2 aliphatic heterocycles. The molecular formula is C16H17FN2O4. The van der Waals surface area contributed by atoms with Crippen LogP contribution in [0.15, 0.2) is 18.2 Å². The minimum atomic E-state index is -1.03. The monoisotopic (exact) mass is 320 g/mol. The van der Waals surface area contributed by atoms with E-state index in [4.69, 9.17) is 0 Å². The first-order valence-corrected chi connectivity index (χ1v) is 7.60. The van der Waals surface area contributed by atoms with Crippen LogP contribution in [-0.2, 0) is 14.4 Å². The summed E-state index contributed by atoms with van der Waals surface area (Å²) in [6.45, 7) is 0.366. The van der Waals surface area contributed by atoms with Gasteiger partial charge in [-0.1, -0.05) is 6.07 Å². The highest BCUT2D eigenvalue weighted by Crippen LogP contribution is 2.35. The number of carboxylic acid groups (broad SMARTS) is 1. The maximum Gasteiger partial charge on any atom is 0.326 e. The van der Waals surface area contributed by atoms with Gasteiger partial charge in [-0.2, -0.15) is 0 Å². The van der Waals surface area contributed by atoms with Gasteiger partial charge in [0.2, 0.25) is 11.8 Å². The molecule has 0 aromatic heterocycles. The Morgan fingerprint density at radius 1 is 1.30 bits per heavy atom. The Kier molecular flexibility index (Phi) is 4.02. The van der Waals surface area contributed by atoms with Crippen LogP contribution >= 0.6 is 0 Å². The van der Waals surface area contributed by atoms with Gasteiger partial charge in [0.25, 0.3) is 0 Å². The zero-order chi connectivity index (χ0) is 16.6. The average molecular weight is 320 g/mol. The van der Waals surface area contributed by atoms with Crippen molar-refractivity contribution < 1.29 is 23.9 Å². The fourth-order valence-corrected chi connectivity index (χ4v) is 3.31. The van der Waals surface area contributed by atoms with Crippen molar-refractivity contribution in [2.24, 2.45) is 0 Å². The number of aliphatic carboxylic acids is 1. The first-order valence-electron chi connectivity index (χ1n) is 7.60. The summed E-state index contributed by atoms with van der Waals surface area (Å²) in [4.78, 5) is 37.4. The summed E-state index contributed by atoms with van der Waals surface area (Å²) in [6, 6.07) is 3.04. The van der Waals surface area contributed by atoms with Crippen molar-refractivity contribution >= 4 is 23.5 Å². The standard InChI is InChI=1S/C16H17FN2O4/c17-9-4-5-10-11(8-14(20)18-12(10)7-9)15(21)19-6-2-1-3-13(19)16(22)23/h4-5,7,11,13H,1-3,6,8H2,(H,18,20)(H,22,23)/t11?,13-/m1/s1. The van der Waals surface area contributed by atoms with Crippen LogP contribution in [0, 0.1) is 5.82 Å². The van der Waals surface area contributed by atoms with Gasteiger partial charge in [-0.3, -0.25) is 9.59 Å². The Balaban J connectivity index is 1.93. The van der Waals surface area contributed by atoms with Crippen molar-refractivity contribution in [2.45, 2.75) is 37.6 Å². The Hall–Kier alpha value is -2.44. The van der Waals surface area contributed by atoms with E-state index in [0.717, 1.165) is 12.8 Å². The number of carboxylic acids is 1. The van der Waals surface area contributed by atoms with E-state index in [1.807, 2.05) is 0 Å². The number of carbonyl (C=O) groups excluding carboxylic acids is 2. The summed E-state index contributed by atoms with van der Waals surface area (Å²) in [5.74, 6) is -3.04.